The molecular weight excluding hydrogens is 395 g/mol. The number of nitrogens with one attached hydrogen (secondary N) is 1. The first-order valence-corrected chi connectivity index (χ1v) is 9.72. The SMILES string of the molecule is CC(=NNC(=O)Cc1csc(N2CCOCC2)n1)c1ccc(Cl)c(Cl)c1. The third kappa shape index (κ3) is 4.94. The summed E-state index contributed by atoms with van der Waals surface area (Å²) in [6.45, 7) is 4.86. The molecule has 1 aromatic heterocycles. The molecule has 0 saturated carbocycles. The molecule has 6 nitrogen and oxygen atoms in total. The topological polar surface area (TPSA) is 66.8 Å². The zero-order chi connectivity index (χ0) is 18.5. The third-order valence-electron chi connectivity index (χ3n) is 3.85. The Morgan fingerprint density at radius 2 is 2.12 bits per heavy atom. The number of carbonyl (C=O) groups excluding carboxylic acids is 1. The standard InChI is InChI=1S/C17H18Cl2N4O2S/c1-11(12-2-3-14(18)15(19)8-12)21-22-16(24)9-13-10-26-17(20-13)23-4-6-25-7-5-23/h2-3,8,10H,4-7,9H2,1H3,(H,22,24). The van der Waals surface area contributed by atoms with Crippen molar-refractivity contribution in [3.05, 3.63) is 44.9 Å². The number of nitrogens with zero attached hydrogens (tertiary/aromatic N) is 3. The maximum absolute atomic E-state index is 12.1. The Kier molecular flexibility index (Phi) is 6.48. The summed E-state index contributed by atoms with van der Waals surface area (Å²) in [5, 5.41) is 7.87. The maximum atomic E-state index is 12.1. The van der Waals surface area contributed by atoms with Crippen LogP contribution in [0.1, 0.15) is 18.2 Å². The number of hydrazone groups is 1. The van der Waals surface area contributed by atoms with Crippen LogP contribution in [0.3, 0.4) is 0 Å². The molecule has 1 N–H and O–H groups in total. The first-order chi connectivity index (χ1) is 12.5. The molecule has 0 unspecified atom stereocenters. The van der Waals surface area contributed by atoms with Crippen molar-refractivity contribution in [3.63, 3.8) is 0 Å². The smallest absolute Gasteiger partial charge is 0.246 e. The number of amides is 1. The Labute approximate surface area is 165 Å². The fraction of sp³-hybridized carbons (Fsp3) is 0.353. The molecule has 2 aromatic rings. The lowest BCUT2D eigenvalue weighted by Crippen LogP contribution is -2.36. The molecule has 1 saturated heterocycles. The average molecular weight is 413 g/mol. The van der Waals surface area contributed by atoms with Crippen molar-refractivity contribution in [1.29, 1.82) is 0 Å². The highest BCUT2D eigenvalue weighted by Crippen LogP contribution is 2.23. The molecule has 1 fully saturated rings. The predicted octanol–water partition coefficient (Wildman–Crippen LogP) is 3.37. The van der Waals surface area contributed by atoms with Crippen molar-refractivity contribution in [3.8, 4) is 0 Å². The van der Waals surface area contributed by atoms with Gasteiger partial charge in [-0.1, -0.05) is 29.3 Å². The summed E-state index contributed by atoms with van der Waals surface area (Å²) in [5.74, 6) is -0.219. The molecule has 0 aliphatic carbocycles. The Morgan fingerprint density at radius 1 is 1.35 bits per heavy atom. The van der Waals surface area contributed by atoms with Gasteiger partial charge in [0.05, 0.1) is 41.1 Å². The van der Waals surface area contributed by atoms with E-state index in [0.29, 0.717) is 29.0 Å². The minimum atomic E-state index is -0.219. The molecule has 1 aromatic carbocycles. The van der Waals surface area contributed by atoms with Crippen molar-refractivity contribution in [2.75, 3.05) is 31.2 Å². The zero-order valence-corrected chi connectivity index (χ0v) is 16.5. The average Bonchev–Trinajstić information content (AvgIpc) is 3.11. The van der Waals surface area contributed by atoms with Gasteiger partial charge in [0.15, 0.2) is 5.13 Å². The number of ether oxygens (including phenoxy) is 1. The van der Waals surface area contributed by atoms with Crippen LogP contribution in [0.15, 0.2) is 28.7 Å². The van der Waals surface area contributed by atoms with Crippen molar-refractivity contribution < 1.29 is 9.53 Å². The van der Waals surface area contributed by atoms with Crippen LogP contribution in [-0.2, 0) is 16.0 Å². The van der Waals surface area contributed by atoms with Gasteiger partial charge in [-0.2, -0.15) is 5.10 Å². The minimum absolute atomic E-state index is 0.180. The van der Waals surface area contributed by atoms with E-state index in [4.69, 9.17) is 27.9 Å². The summed E-state index contributed by atoms with van der Waals surface area (Å²) in [6, 6.07) is 5.21. The third-order valence-corrected chi connectivity index (χ3v) is 5.54. The van der Waals surface area contributed by atoms with E-state index in [1.54, 1.807) is 25.1 Å². The number of morpholine rings is 1. The van der Waals surface area contributed by atoms with E-state index in [-0.39, 0.29) is 12.3 Å². The van der Waals surface area contributed by atoms with Crippen LogP contribution in [0.25, 0.3) is 0 Å². The van der Waals surface area contributed by atoms with Crippen LogP contribution in [0.4, 0.5) is 5.13 Å². The number of thiazole rings is 1. The number of hydrogen-bond acceptors (Lipinski definition) is 6. The second-order valence-corrected chi connectivity index (χ2v) is 7.41. The number of benzene rings is 1. The second kappa shape index (κ2) is 8.81. The number of rotatable bonds is 5. The quantitative estimate of drug-likeness (QED) is 0.603. The maximum Gasteiger partial charge on any atom is 0.246 e. The lowest BCUT2D eigenvalue weighted by Gasteiger charge is -2.26. The van der Waals surface area contributed by atoms with E-state index >= 15 is 0 Å². The molecule has 0 spiro atoms. The van der Waals surface area contributed by atoms with Gasteiger partial charge in [-0.15, -0.1) is 11.3 Å². The summed E-state index contributed by atoms with van der Waals surface area (Å²) in [7, 11) is 0. The highest BCUT2D eigenvalue weighted by Gasteiger charge is 2.15. The Hall–Kier alpha value is -1.67. The lowest BCUT2D eigenvalue weighted by molar-refractivity contribution is -0.120. The molecule has 0 bridgehead atoms. The van der Waals surface area contributed by atoms with Gasteiger partial charge < -0.3 is 9.64 Å². The highest BCUT2D eigenvalue weighted by molar-refractivity contribution is 7.13. The summed E-state index contributed by atoms with van der Waals surface area (Å²) < 4.78 is 5.34. The molecule has 138 valence electrons. The van der Waals surface area contributed by atoms with Gasteiger partial charge in [-0.3, -0.25) is 4.79 Å². The number of halogens is 2. The number of anilines is 1. The number of hydrogen-bond donors (Lipinski definition) is 1. The van der Waals surface area contributed by atoms with Gasteiger partial charge in [-0.05, 0) is 24.6 Å². The Morgan fingerprint density at radius 3 is 2.85 bits per heavy atom. The molecule has 3 rings (SSSR count). The Bertz CT molecular complexity index is 819. The van der Waals surface area contributed by atoms with E-state index in [9.17, 15) is 4.79 Å². The van der Waals surface area contributed by atoms with Crippen LogP contribution in [0, 0.1) is 0 Å². The van der Waals surface area contributed by atoms with Gasteiger partial charge in [0.25, 0.3) is 0 Å². The molecule has 0 radical (unpaired) electrons. The molecule has 2 heterocycles. The van der Waals surface area contributed by atoms with Gasteiger partial charge in [-0.25, -0.2) is 10.4 Å². The summed E-state index contributed by atoms with van der Waals surface area (Å²) in [6.07, 6.45) is 0.180. The predicted molar refractivity (Wildman–Crippen MR) is 106 cm³/mol. The molecule has 0 atom stereocenters. The zero-order valence-electron chi connectivity index (χ0n) is 14.2. The van der Waals surface area contributed by atoms with Gasteiger partial charge in [0.1, 0.15) is 0 Å². The van der Waals surface area contributed by atoms with Crippen LogP contribution in [0.2, 0.25) is 10.0 Å². The van der Waals surface area contributed by atoms with Gasteiger partial charge in [0.2, 0.25) is 5.91 Å². The highest BCUT2D eigenvalue weighted by atomic mass is 35.5. The van der Waals surface area contributed by atoms with Crippen molar-refractivity contribution in [2.24, 2.45) is 5.10 Å². The van der Waals surface area contributed by atoms with E-state index < -0.39 is 0 Å². The molecule has 9 heteroatoms. The normalized spacial score (nSPS) is 15.2. The minimum Gasteiger partial charge on any atom is -0.378 e. The largest absolute Gasteiger partial charge is 0.378 e. The molecule has 1 aliphatic rings. The second-order valence-electron chi connectivity index (χ2n) is 5.76. The van der Waals surface area contributed by atoms with Crippen molar-refractivity contribution in [2.45, 2.75) is 13.3 Å². The van der Waals surface area contributed by atoms with Crippen LogP contribution in [-0.4, -0.2) is 42.9 Å². The first-order valence-electron chi connectivity index (χ1n) is 8.08. The number of aromatic nitrogens is 1. The summed E-state index contributed by atoms with van der Waals surface area (Å²) >= 11 is 13.4. The van der Waals surface area contributed by atoms with Crippen LogP contribution in [0.5, 0.6) is 0 Å². The van der Waals surface area contributed by atoms with E-state index in [1.807, 2.05) is 5.38 Å². The van der Waals surface area contributed by atoms with Crippen molar-refractivity contribution >= 4 is 51.3 Å². The monoisotopic (exact) mass is 412 g/mol. The number of carbonyl (C=O) groups is 1. The fourth-order valence-electron chi connectivity index (χ4n) is 2.41. The van der Waals surface area contributed by atoms with Crippen molar-refractivity contribution in [1.82, 2.24) is 10.4 Å². The molecule has 1 amide bonds. The lowest BCUT2D eigenvalue weighted by atomic mass is 10.1. The molecule has 26 heavy (non-hydrogen) atoms. The van der Waals surface area contributed by atoms with Crippen LogP contribution < -0.4 is 10.3 Å². The Balaban J connectivity index is 1.56. The molecular formula is C17H18Cl2N4O2S. The first kappa shape index (κ1) is 19.1. The van der Waals surface area contributed by atoms with Crippen LogP contribution >= 0.6 is 34.5 Å². The van der Waals surface area contributed by atoms with E-state index in [2.05, 4.69) is 20.4 Å². The van der Waals surface area contributed by atoms with E-state index in [1.165, 1.54) is 11.3 Å². The summed E-state index contributed by atoms with van der Waals surface area (Å²) in [5.41, 5.74) is 4.73. The summed E-state index contributed by atoms with van der Waals surface area (Å²) in [4.78, 5) is 18.8. The fourth-order valence-corrected chi connectivity index (χ4v) is 3.59. The van der Waals surface area contributed by atoms with E-state index in [0.717, 1.165) is 29.5 Å². The van der Waals surface area contributed by atoms with Gasteiger partial charge >= 0.3 is 0 Å². The van der Waals surface area contributed by atoms with Gasteiger partial charge in [0, 0.05) is 18.5 Å². The molecule has 1 aliphatic heterocycles.